The number of unbranched alkanes of at least 4 members (excludes halogenated alkanes) is 39. The van der Waals surface area contributed by atoms with E-state index in [-0.39, 0.29) is 37.5 Å². The van der Waals surface area contributed by atoms with E-state index in [1.54, 1.807) is 0 Å². The van der Waals surface area contributed by atoms with Crippen molar-refractivity contribution in [3.63, 3.8) is 0 Å². The van der Waals surface area contributed by atoms with Gasteiger partial charge in [-0.2, -0.15) is 0 Å². The highest BCUT2D eigenvalue weighted by Crippen LogP contribution is 2.18. The first kappa shape index (κ1) is 77.6. The van der Waals surface area contributed by atoms with Crippen molar-refractivity contribution in [2.45, 2.75) is 361 Å². The SMILES string of the molecule is CC/C=C\C/C=C\C/C=C\C/C=C\C/C=C\CCCC(=O)OC(COC(=O)CCCCCCCCCCCCCCCCC)COC(=O)CCCCCCCCCCCCCCCCCCCCC/C=C\C/C=C\CCCCCCC. The van der Waals surface area contributed by atoms with Crippen LogP contribution in [0.5, 0.6) is 0 Å². The van der Waals surface area contributed by atoms with Crippen LogP contribution in [-0.2, 0) is 28.6 Å². The van der Waals surface area contributed by atoms with Crippen LogP contribution in [0, 0.1) is 0 Å². The molecule has 0 aromatic carbocycles. The molecule has 0 heterocycles. The molecule has 6 nitrogen and oxygen atoms in total. The van der Waals surface area contributed by atoms with Crippen molar-refractivity contribution in [3.8, 4) is 0 Å². The summed E-state index contributed by atoms with van der Waals surface area (Å²) in [7, 11) is 0. The molecule has 0 fully saturated rings. The van der Waals surface area contributed by atoms with Gasteiger partial charge >= 0.3 is 17.9 Å². The molecule has 0 spiro atoms. The zero-order chi connectivity index (χ0) is 58.5. The Morgan fingerprint density at radius 1 is 0.259 bits per heavy atom. The fourth-order valence-electron chi connectivity index (χ4n) is 10.2. The number of allylic oxidation sites excluding steroid dienone is 14. The van der Waals surface area contributed by atoms with Crippen LogP contribution in [0.3, 0.4) is 0 Å². The molecule has 0 saturated heterocycles. The van der Waals surface area contributed by atoms with Gasteiger partial charge in [-0.1, -0.05) is 331 Å². The van der Waals surface area contributed by atoms with E-state index in [4.69, 9.17) is 14.2 Å². The third-order valence-corrected chi connectivity index (χ3v) is 15.4. The Morgan fingerprint density at radius 3 is 0.790 bits per heavy atom. The fourth-order valence-corrected chi connectivity index (χ4v) is 10.2. The van der Waals surface area contributed by atoms with Crippen molar-refractivity contribution in [2.24, 2.45) is 0 Å². The molecule has 0 rings (SSSR count). The van der Waals surface area contributed by atoms with Crippen molar-refractivity contribution in [1.82, 2.24) is 0 Å². The van der Waals surface area contributed by atoms with E-state index in [1.807, 2.05) is 0 Å². The van der Waals surface area contributed by atoms with Gasteiger partial charge in [0, 0.05) is 19.3 Å². The maximum absolute atomic E-state index is 12.9. The molecule has 0 aliphatic heterocycles. The van der Waals surface area contributed by atoms with Gasteiger partial charge in [-0.15, -0.1) is 0 Å². The Morgan fingerprint density at radius 2 is 0.494 bits per heavy atom. The van der Waals surface area contributed by atoms with Gasteiger partial charge in [-0.25, -0.2) is 0 Å². The van der Waals surface area contributed by atoms with Crippen LogP contribution in [0.15, 0.2) is 85.1 Å². The van der Waals surface area contributed by atoms with Crippen molar-refractivity contribution < 1.29 is 28.6 Å². The van der Waals surface area contributed by atoms with Gasteiger partial charge in [0.05, 0.1) is 0 Å². The molecule has 1 unspecified atom stereocenters. The summed E-state index contributed by atoms with van der Waals surface area (Å²) < 4.78 is 16.9. The summed E-state index contributed by atoms with van der Waals surface area (Å²) in [5.41, 5.74) is 0. The molecule has 6 heteroatoms. The maximum atomic E-state index is 12.9. The molecule has 0 amide bonds. The Kier molecular flexibility index (Phi) is 66.2. The van der Waals surface area contributed by atoms with Crippen LogP contribution < -0.4 is 0 Å². The lowest BCUT2D eigenvalue weighted by Gasteiger charge is -2.18. The van der Waals surface area contributed by atoms with E-state index in [9.17, 15) is 14.4 Å². The van der Waals surface area contributed by atoms with Crippen molar-refractivity contribution in [2.75, 3.05) is 13.2 Å². The summed E-state index contributed by atoms with van der Waals surface area (Å²) in [5, 5.41) is 0. The van der Waals surface area contributed by atoms with Crippen LogP contribution in [-0.4, -0.2) is 37.2 Å². The van der Waals surface area contributed by atoms with E-state index in [2.05, 4.69) is 106 Å². The Labute approximate surface area is 503 Å². The van der Waals surface area contributed by atoms with E-state index in [1.165, 1.54) is 225 Å². The second-order valence-corrected chi connectivity index (χ2v) is 23.4. The van der Waals surface area contributed by atoms with Crippen LogP contribution in [0.2, 0.25) is 0 Å². The topological polar surface area (TPSA) is 78.9 Å². The van der Waals surface area contributed by atoms with Gasteiger partial charge in [0.2, 0.25) is 0 Å². The molecule has 0 aliphatic rings. The van der Waals surface area contributed by atoms with E-state index in [0.29, 0.717) is 19.3 Å². The highest BCUT2D eigenvalue weighted by Gasteiger charge is 2.19. The lowest BCUT2D eigenvalue weighted by Crippen LogP contribution is -2.30. The van der Waals surface area contributed by atoms with Gasteiger partial charge in [-0.05, 0) is 89.9 Å². The van der Waals surface area contributed by atoms with Crippen LogP contribution in [0.4, 0.5) is 0 Å². The molecular weight excluding hydrogens is 997 g/mol. The monoisotopic (exact) mass is 1130 g/mol. The van der Waals surface area contributed by atoms with Crippen LogP contribution in [0.1, 0.15) is 355 Å². The molecular formula is C75H132O6. The van der Waals surface area contributed by atoms with Crippen LogP contribution >= 0.6 is 0 Å². The van der Waals surface area contributed by atoms with E-state index < -0.39 is 6.10 Å². The molecule has 0 bridgehead atoms. The largest absolute Gasteiger partial charge is 0.462 e. The smallest absolute Gasteiger partial charge is 0.306 e. The molecule has 468 valence electrons. The second kappa shape index (κ2) is 69.1. The van der Waals surface area contributed by atoms with Crippen LogP contribution in [0.25, 0.3) is 0 Å². The van der Waals surface area contributed by atoms with Gasteiger partial charge in [-0.3, -0.25) is 14.4 Å². The first-order valence-electron chi connectivity index (χ1n) is 35.1. The number of carbonyl (C=O) groups excluding carboxylic acids is 3. The van der Waals surface area contributed by atoms with Gasteiger partial charge in [0.25, 0.3) is 0 Å². The van der Waals surface area contributed by atoms with Crippen molar-refractivity contribution in [1.29, 1.82) is 0 Å². The Hall–Kier alpha value is -3.41. The number of esters is 3. The lowest BCUT2D eigenvalue weighted by molar-refractivity contribution is -0.167. The zero-order valence-corrected chi connectivity index (χ0v) is 53.8. The first-order chi connectivity index (χ1) is 40.0. The summed E-state index contributed by atoms with van der Waals surface area (Å²) in [6.07, 6.45) is 92.0. The van der Waals surface area contributed by atoms with Crippen molar-refractivity contribution in [3.05, 3.63) is 85.1 Å². The number of ether oxygens (including phenoxy) is 3. The molecule has 0 aromatic heterocycles. The van der Waals surface area contributed by atoms with Crippen molar-refractivity contribution >= 4 is 17.9 Å². The molecule has 0 aliphatic carbocycles. The minimum Gasteiger partial charge on any atom is -0.462 e. The van der Waals surface area contributed by atoms with E-state index >= 15 is 0 Å². The minimum absolute atomic E-state index is 0.0946. The van der Waals surface area contributed by atoms with Gasteiger partial charge in [0.15, 0.2) is 6.10 Å². The van der Waals surface area contributed by atoms with Gasteiger partial charge < -0.3 is 14.2 Å². The second-order valence-electron chi connectivity index (χ2n) is 23.4. The number of hydrogen-bond acceptors (Lipinski definition) is 6. The first-order valence-corrected chi connectivity index (χ1v) is 35.1. The molecule has 0 saturated carbocycles. The summed E-state index contributed by atoms with van der Waals surface area (Å²) in [5.74, 6) is -0.935. The molecule has 81 heavy (non-hydrogen) atoms. The summed E-state index contributed by atoms with van der Waals surface area (Å²) >= 11 is 0. The predicted octanol–water partition coefficient (Wildman–Crippen LogP) is 24.2. The average Bonchev–Trinajstić information content (AvgIpc) is 3.47. The number of carbonyl (C=O) groups is 3. The Balaban J connectivity index is 4.24. The number of rotatable bonds is 64. The third-order valence-electron chi connectivity index (χ3n) is 15.4. The quantitative estimate of drug-likeness (QED) is 0.0261. The van der Waals surface area contributed by atoms with E-state index in [0.717, 1.165) is 83.5 Å². The van der Waals surface area contributed by atoms with Gasteiger partial charge in [0.1, 0.15) is 13.2 Å². The number of hydrogen-bond donors (Lipinski definition) is 0. The highest BCUT2D eigenvalue weighted by molar-refractivity contribution is 5.71. The summed E-state index contributed by atoms with van der Waals surface area (Å²) in [4.78, 5) is 38.4. The predicted molar refractivity (Wildman–Crippen MR) is 353 cm³/mol. The summed E-state index contributed by atoms with van der Waals surface area (Å²) in [6, 6.07) is 0. The Bertz CT molecular complexity index is 1530. The fraction of sp³-hybridized carbons (Fsp3) is 0.773. The molecule has 0 aromatic rings. The molecule has 0 radical (unpaired) electrons. The standard InChI is InChI=1S/C75H132O6/c1-4-7-10-13-16-19-22-25-28-30-31-32-33-34-35-36-37-38-39-40-41-42-43-45-47-50-53-56-59-62-65-68-74(77)80-71-72(70-79-73(76)67-64-61-58-55-52-49-46-27-24-21-18-15-12-9-6-3)81-75(78)69-66-63-60-57-54-51-48-44-29-26-23-20-17-14-11-8-5-2/h8,11,17,20,22,25-26,29-31,48,51,57,60,72H,4-7,9-10,12-16,18-19,21,23-24,27-28,32-47,49-50,52-56,58-59,61-71H2,1-3H3/b11-8-,20-17-,25-22-,29-26-,31-30-,51-48-,60-57-. The maximum Gasteiger partial charge on any atom is 0.306 e. The highest BCUT2D eigenvalue weighted by atomic mass is 16.6. The third kappa shape index (κ3) is 67.3. The molecule has 1 atom stereocenters. The summed E-state index contributed by atoms with van der Waals surface area (Å²) in [6.45, 7) is 6.52. The average molecular weight is 1130 g/mol. The zero-order valence-electron chi connectivity index (χ0n) is 53.8. The normalized spacial score (nSPS) is 12.6. The molecule has 0 N–H and O–H groups in total. The minimum atomic E-state index is -0.805. The lowest BCUT2D eigenvalue weighted by atomic mass is 10.0.